The largest absolute Gasteiger partial charge is 0.394 e. The van der Waals surface area contributed by atoms with Gasteiger partial charge in [0.25, 0.3) is 0 Å². The third kappa shape index (κ3) is 12.4. The van der Waals surface area contributed by atoms with Gasteiger partial charge in [-0.1, -0.05) is 0 Å². The molecule has 0 amide bonds. The molecule has 78 heavy (non-hydrogen) atoms. The van der Waals surface area contributed by atoms with Crippen molar-refractivity contribution < 1.29 is 174 Å². The molecule has 0 unspecified atom stereocenters. The highest BCUT2D eigenvalue weighted by Gasteiger charge is 2.59. The van der Waals surface area contributed by atoms with Crippen molar-refractivity contribution in [3.8, 4) is 0 Å². The molecule has 0 radical (unpaired) electrons. The SMILES string of the molecule is N.OC[C@H]1O[C@@H]2O[C@H]3[C@H](O)[C@@H](O)[C@@H](O[C@H]4[C@H](O)[C@@H](O)[C@@H](O[C@H]5[C@H](O)[C@@H](O)[C@@H](O[C@H]6[C@H](O)[C@@H](O)[C@@H](O[C@H]7[C@H](O)[C@@H](O)[C@@H](O[C@H]8[C@H](O)[C@@H](O)[C@@H](O[C@H]1[C@H](O)[C@H]2O)O[C@@H]8CO)O[C@@H]7CO)O[C@@H]6CO)O[C@@H]5CO)O[C@@H]4CO)O[C@@H]3CO. The first-order chi connectivity index (χ1) is 36.7. The lowest BCUT2D eigenvalue weighted by Crippen LogP contribution is -2.68. The van der Waals surface area contributed by atoms with Crippen LogP contribution in [-0.2, 0) is 66.3 Å². The molecule has 21 heterocycles. The van der Waals surface area contributed by atoms with E-state index >= 15 is 0 Å². The van der Waals surface area contributed by atoms with E-state index in [0.717, 1.165) is 0 Å². The minimum absolute atomic E-state index is 0. The van der Waals surface area contributed by atoms with Crippen molar-refractivity contribution in [3.05, 3.63) is 0 Å². The molecular formula is C42H73NO35. The smallest absolute Gasteiger partial charge is 0.187 e. The van der Waals surface area contributed by atoms with Crippen molar-refractivity contribution >= 4 is 0 Å². The Hall–Kier alpha value is -1.44. The van der Waals surface area contributed by atoms with E-state index in [1.54, 1.807) is 0 Å². The fourth-order valence-corrected chi connectivity index (χ4v) is 10.4. The highest BCUT2D eigenvalue weighted by molar-refractivity contribution is 5.01. The van der Waals surface area contributed by atoms with Gasteiger partial charge < -0.3 is 180 Å². The first kappa shape index (κ1) is 64.1. The second kappa shape index (κ2) is 27.1. The second-order valence-corrected chi connectivity index (χ2v) is 19.7. The lowest BCUT2D eigenvalue weighted by Gasteiger charge is -2.50. The van der Waals surface area contributed by atoms with Gasteiger partial charge in [-0.05, 0) is 0 Å². The van der Waals surface area contributed by atoms with Crippen LogP contribution in [0, 0.1) is 0 Å². The highest BCUT2D eigenvalue weighted by Crippen LogP contribution is 2.39. The molecule has 36 heteroatoms. The molecule has 24 N–H and O–H groups in total. The van der Waals surface area contributed by atoms with Crippen molar-refractivity contribution in [2.45, 2.75) is 215 Å². The van der Waals surface area contributed by atoms with Crippen molar-refractivity contribution in [2.75, 3.05) is 46.2 Å². The number of aliphatic hydroxyl groups excluding tert-OH is 21. The Labute approximate surface area is 440 Å². The summed E-state index contributed by atoms with van der Waals surface area (Å²) in [6, 6.07) is 0. The van der Waals surface area contributed by atoms with Gasteiger partial charge in [-0.15, -0.1) is 0 Å². The van der Waals surface area contributed by atoms with E-state index in [2.05, 4.69) is 0 Å². The van der Waals surface area contributed by atoms with E-state index in [1.165, 1.54) is 0 Å². The molecule has 0 aromatic rings. The molecular weight excluding hydrogens is 1080 g/mol. The molecule has 0 aliphatic carbocycles. The number of aliphatic hydroxyl groups is 21. The normalized spacial score (nSPS) is 54.7. The number of ether oxygens (including phenoxy) is 14. The second-order valence-electron chi connectivity index (χ2n) is 19.7. The summed E-state index contributed by atoms with van der Waals surface area (Å²) in [5, 5.41) is 230. The number of hydrogen-bond donors (Lipinski definition) is 22. The average molecular weight is 1150 g/mol. The van der Waals surface area contributed by atoms with E-state index in [4.69, 9.17) is 66.3 Å². The molecule has 21 fully saturated rings. The minimum Gasteiger partial charge on any atom is -0.394 e. The van der Waals surface area contributed by atoms with Gasteiger partial charge in [0.05, 0.1) is 46.2 Å². The van der Waals surface area contributed by atoms with Gasteiger partial charge in [0.2, 0.25) is 0 Å². The van der Waals surface area contributed by atoms with Gasteiger partial charge in [0, 0.05) is 0 Å². The lowest BCUT2D eigenvalue weighted by atomic mass is 9.95. The third-order valence-corrected chi connectivity index (χ3v) is 14.8. The van der Waals surface area contributed by atoms with E-state index in [-0.39, 0.29) is 6.15 Å². The lowest BCUT2D eigenvalue weighted by molar-refractivity contribution is -0.396. The fraction of sp³-hybridized carbons (Fsp3) is 1.00. The summed E-state index contributed by atoms with van der Waals surface area (Å²) in [7, 11) is 0. The Balaban J connectivity index is 0.00000882. The summed E-state index contributed by atoms with van der Waals surface area (Å²) in [4.78, 5) is 0. The van der Waals surface area contributed by atoms with Crippen molar-refractivity contribution in [1.82, 2.24) is 6.15 Å². The minimum atomic E-state index is -2.21. The van der Waals surface area contributed by atoms with Crippen LogP contribution in [0.2, 0.25) is 0 Å². The zero-order valence-corrected chi connectivity index (χ0v) is 41.0. The molecule has 0 spiro atoms. The van der Waals surface area contributed by atoms with Crippen molar-refractivity contribution in [1.29, 1.82) is 0 Å². The molecule has 21 aliphatic heterocycles. The molecule has 35 atom stereocenters. The predicted molar refractivity (Wildman–Crippen MR) is 233 cm³/mol. The summed E-state index contributed by atoms with van der Waals surface area (Å²) in [5.41, 5.74) is 0. The highest BCUT2D eigenvalue weighted by atomic mass is 16.8. The third-order valence-electron chi connectivity index (χ3n) is 14.8. The Morgan fingerprint density at radius 1 is 0.167 bits per heavy atom. The molecule has 21 saturated heterocycles. The monoisotopic (exact) mass is 1150 g/mol. The number of rotatable bonds is 7. The fourth-order valence-electron chi connectivity index (χ4n) is 10.4. The maximum Gasteiger partial charge on any atom is 0.187 e. The van der Waals surface area contributed by atoms with E-state index < -0.39 is 261 Å². The standard InChI is InChI=1S/C42H70O35.H3N/c43-1-8-29-15(50)22(57)36(64-8)72-30-9(2-44)66-38(24(59)17(30)52)74-32-11(4-46)68-40(26(61)19(32)54)76-34-13(6-48)70-42(28(63)21(34)56)77-35-14(7-49)69-41(27(62)20(35)55)75-33-12(5-47)67-39(25(60)18(33)53)73-31-10(3-45)65-37(71-29)23(58)16(31)51;/h8-63H,1-7H2;1H3/t8-,9-,10-,11-,12-,13-,14-,15-,16-,17-,18-,19-,20-,21-,22-,23-,24-,25-,26-,27-,28-,29-,30-,31-,32-,33-,34-,35-,36-,37-,38-,39-,40-,41-,42-;/m1./s1. The van der Waals surface area contributed by atoms with Crippen LogP contribution in [0.1, 0.15) is 0 Å². The molecule has 21 aliphatic rings. The zero-order chi connectivity index (χ0) is 56.1. The summed E-state index contributed by atoms with van der Waals surface area (Å²) >= 11 is 0. The molecule has 36 nitrogen and oxygen atoms in total. The maximum absolute atomic E-state index is 11.3. The van der Waals surface area contributed by atoms with E-state index in [1.807, 2.05) is 0 Å². The predicted octanol–water partition coefficient (Wildman–Crippen LogP) is -15.1. The summed E-state index contributed by atoms with van der Waals surface area (Å²) in [6.07, 6.45) is -70.2. The quantitative estimate of drug-likeness (QED) is 0.113. The first-order valence-corrected chi connectivity index (χ1v) is 24.6. The van der Waals surface area contributed by atoms with Crippen molar-refractivity contribution in [2.24, 2.45) is 0 Å². The molecule has 0 aromatic carbocycles. The Bertz CT molecular complexity index is 1470. The Morgan fingerprint density at radius 3 is 0.359 bits per heavy atom. The van der Waals surface area contributed by atoms with Gasteiger partial charge in [0.15, 0.2) is 44.0 Å². The molecule has 456 valence electrons. The van der Waals surface area contributed by atoms with E-state index in [9.17, 15) is 107 Å². The molecule has 0 saturated carbocycles. The van der Waals surface area contributed by atoms with Gasteiger partial charge in [-0.2, -0.15) is 0 Å². The van der Waals surface area contributed by atoms with Crippen LogP contribution in [0.25, 0.3) is 0 Å². The zero-order valence-electron chi connectivity index (χ0n) is 41.0. The van der Waals surface area contributed by atoms with Gasteiger partial charge in [-0.3, -0.25) is 0 Å². The summed E-state index contributed by atoms with van der Waals surface area (Å²) in [5.74, 6) is 0. The van der Waals surface area contributed by atoms with Crippen LogP contribution >= 0.6 is 0 Å². The topological polar surface area (TPSA) is 589 Å². The van der Waals surface area contributed by atoms with Gasteiger partial charge in [0.1, 0.15) is 171 Å². The van der Waals surface area contributed by atoms with Gasteiger partial charge >= 0.3 is 0 Å². The Kier molecular flexibility index (Phi) is 22.3. The maximum atomic E-state index is 11.3. The van der Waals surface area contributed by atoms with Crippen LogP contribution in [0.15, 0.2) is 0 Å². The number of hydrogen-bond acceptors (Lipinski definition) is 36. The molecule has 0 aromatic heterocycles. The Morgan fingerprint density at radius 2 is 0.269 bits per heavy atom. The molecule has 14 bridgehead atoms. The van der Waals surface area contributed by atoms with Crippen LogP contribution in [-0.4, -0.2) is 368 Å². The van der Waals surface area contributed by atoms with Crippen LogP contribution in [0.5, 0.6) is 0 Å². The van der Waals surface area contributed by atoms with Crippen LogP contribution in [0.4, 0.5) is 0 Å². The van der Waals surface area contributed by atoms with Crippen LogP contribution in [0.3, 0.4) is 0 Å². The van der Waals surface area contributed by atoms with E-state index in [0.29, 0.717) is 0 Å². The molecule has 21 rings (SSSR count). The summed E-state index contributed by atoms with van der Waals surface area (Å²) < 4.78 is 79.5. The first-order valence-electron chi connectivity index (χ1n) is 24.6. The van der Waals surface area contributed by atoms with Crippen molar-refractivity contribution in [3.63, 3.8) is 0 Å². The van der Waals surface area contributed by atoms with Crippen LogP contribution < -0.4 is 6.15 Å². The average Bonchev–Trinajstić information content (AvgIpc) is 3.42. The summed E-state index contributed by atoms with van der Waals surface area (Å²) in [6.45, 7) is -7.33. The van der Waals surface area contributed by atoms with Gasteiger partial charge in [-0.25, -0.2) is 0 Å².